The minimum absolute atomic E-state index is 0.291. The van der Waals surface area contributed by atoms with Crippen molar-refractivity contribution in [3.63, 3.8) is 0 Å². The van der Waals surface area contributed by atoms with Crippen LogP contribution in [-0.2, 0) is 0 Å². The summed E-state index contributed by atoms with van der Waals surface area (Å²) in [6, 6.07) is 8.73. The maximum Gasteiger partial charge on any atom is 0.0642 e. The van der Waals surface area contributed by atoms with E-state index in [-0.39, 0.29) is 0 Å². The molecule has 1 aromatic carbocycles. The maximum absolute atomic E-state index is 8.82. The molecule has 0 spiro atoms. The molecule has 0 radical (unpaired) electrons. The first-order chi connectivity index (χ1) is 9.99. The summed E-state index contributed by atoms with van der Waals surface area (Å²) in [6.07, 6.45) is 0.512. The molecule has 1 N–H and O–H groups in total. The molecule has 3 nitrogen and oxygen atoms in total. The lowest BCUT2D eigenvalue weighted by Crippen LogP contribution is -2.29. The molecule has 116 valence electrons. The van der Waals surface area contributed by atoms with Gasteiger partial charge in [-0.05, 0) is 37.1 Å². The van der Waals surface area contributed by atoms with Crippen LogP contribution < -0.4 is 10.2 Å². The average Bonchev–Trinajstić information content (AvgIpc) is 2.43. The van der Waals surface area contributed by atoms with Crippen molar-refractivity contribution < 1.29 is 0 Å². The van der Waals surface area contributed by atoms with Crippen molar-refractivity contribution in [3.05, 3.63) is 28.8 Å². The quantitative estimate of drug-likeness (QED) is 0.774. The topological polar surface area (TPSA) is 39.1 Å². The van der Waals surface area contributed by atoms with Crippen LogP contribution in [0.4, 0.5) is 5.69 Å². The molecule has 1 atom stereocenters. The first-order valence-electron chi connectivity index (χ1n) is 7.64. The second kappa shape index (κ2) is 8.92. The van der Waals surface area contributed by atoms with Gasteiger partial charge in [-0.3, -0.25) is 0 Å². The van der Waals surface area contributed by atoms with Crippen LogP contribution in [0.1, 0.15) is 45.7 Å². The Morgan fingerprint density at radius 2 is 2.05 bits per heavy atom. The predicted octanol–water partition coefficient (Wildman–Crippen LogP) is 4.39. The second-order valence-electron chi connectivity index (χ2n) is 5.74. The molecule has 0 fully saturated rings. The lowest BCUT2D eigenvalue weighted by Gasteiger charge is -2.27. The van der Waals surface area contributed by atoms with Crippen LogP contribution >= 0.6 is 11.6 Å². The van der Waals surface area contributed by atoms with E-state index in [9.17, 15) is 0 Å². The molecule has 0 amide bonds. The molecule has 4 heteroatoms. The van der Waals surface area contributed by atoms with Gasteiger partial charge < -0.3 is 10.2 Å². The highest BCUT2D eigenvalue weighted by atomic mass is 35.5. The molecule has 1 unspecified atom stereocenters. The van der Waals surface area contributed by atoms with E-state index in [0.717, 1.165) is 30.3 Å². The fraction of sp³-hybridized carbons (Fsp3) is 0.588. The summed E-state index contributed by atoms with van der Waals surface area (Å²) in [5, 5.41) is 13.0. The van der Waals surface area contributed by atoms with Crippen molar-refractivity contribution in [1.82, 2.24) is 5.32 Å². The van der Waals surface area contributed by atoms with Gasteiger partial charge in [-0.25, -0.2) is 0 Å². The molecule has 1 aromatic rings. The van der Waals surface area contributed by atoms with Crippen LogP contribution in [-0.4, -0.2) is 19.6 Å². The maximum atomic E-state index is 8.82. The third-order valence-corrected chi connectivity index (χ3v) is 3.70. The number of rotatable bonds is 8. The van der Waals surface area contributed by atoms with Crippen molar-refractivity contribution in [3.8, 4) is 6.07 Å². The third-order valence-electron chi connectivity index (χ3n) is 3.40. The van der Waals surface area contributed by atoms with Crippen molar-refractivity contribution in [1.29, 1.82) is 5.26 Å². The van der Waals surface area contributed by atoms with Crippen LogP contribution in [0, 0.1) is 17.2 Å². The molecule has 0 aliphatic heterocycles. The van der Waals surface area contributed by atoms with Gasteiger partial charge in [0.15, 0.2) is 0 Å². The van der Waals surface area contributed by atoms with Crippen molar-refractivity contribution in [2.75, 3.05) is 24.5 Å². The highest BCUT2D eigenvalue weighted by molar-refractivity contribution is 6.33. The van der Waals surface area contributed by atoms with E-state index >= 15 is 0 Å². The zero-order chi connectivity index (χ0) is 15.8. The van der Waals surface area contributed by atoms with Gasteiger partial charge in [0.25, 0.3) is 0 Å². The molecule has 21 heavy (non-hydrogen) atoms. The largest absolute Gasteiger partial charge is 0.369 e. The number of benzene rings is 1. The van der Waals surface area contributed by atoms with Gasteiger partial charge in [-0.15, -0.1) is 0 Å². The van der Waals surface area contributed by atoms with Crippen LogP contribution in [0.2, 0.25) is 5.02 Å². The van der Waals surface area contributed by atoms with E-state index in [1.165, 1.54) is 5.56 Å². The van der Waals surface area contributed by atoms with Gasteiger partial charge in [0, 0.05) is 19.1 Å². The highest BCUT2D eigenvalue weighted by Crippen LogP contribution is 2.29. The Morgan fingerprint density at radius 1 is 1.33 bits per heavy atom. The van der Waals surface area contributed by atoms with Crippen LogP contribution in [0.3, 0.4) is 0 Å². The zero-order valence-electron chi connectivity index (χ0n) is 13.5. The summed E-state index contributed by atoms with van der Waals surface area (Å²) in [5.74, 6) is 0.528. The molecular formula is C17H26ClN3. The third kappa shape index (κ3) is 5.57. The van der Waals surface area contributed by atoms with Crippen molar-refractivity contribution in [2.24, 2.45) is 5.92 Å². The monoisotopic (exact) mass is 307 g/mol. The van der Waals surface area contributed by atoms with Gasteiger partial charge in [0.1, 0.15) is 0 Å². The van der Waals surface area contributed by atoms with Gasteiger partial charge in [0.05, 0.1) is 23.2 Å². The number of halogens is 1. The Bertz CT molecular complexity index is 479. The molecule has 0 aromatic heterocycles. The zero-order valence-corrected chi connectivity index (χ0v) is 14.2. The van der Waals surface area contributed by atoms with Gasteiger partial charge >= 0.3 is 0 Å². The standard InChI is InChI=1S/C17H26ClN3/c1-5-20-14(4)15-7-8-17(16(18)11-15)21(10-6-9-19)12-13(2)3/h7-8,11,13-14,20H,5-6,10,12H2,1-4H3. The Hall–Kier alpha value is -1.24. The number of nitrogens with zero attached hydrogens (tertiary/aromatic N) is 2. The van der Waals surface area contributed by atoms with E-state index in [0.29, 0.717) is 18.4 Å². The smallest absolute Gasteiger partial charge is 0.0642 e. The molecule has 0 heterocycles. The number of nitrogens with one attached hydrogen (secondary N) is 1. The molecule has 0 saturated heterocycles. The fourth-order valence-electron chi connectivity index (χ4n) is 2.41. The van der Waals surface area contributed by atoms with Crippen LogP contribution in [0.15, 0.2) is 18.2 Å². The highest BCUT2D eigenvalue weighted by Gasteiger charge is 2.14. The molecule has 0 aliphatic rings. The Balaban J connectivity index is 2.96. The minimum Gasteiger partial charge on any atom is -0.369 e. The summed E-state index contributed by atoms with van der Waals surface area (Å²) < 4.78 is 0. The molecule has 0 saturated carbocycles. The molecular weight excluding hydrogens is 282 g/mol. The normalized spacial score (nSPS) is 12.2. The number of nitriles is 1. The van der Waals surface area contributed by atoms with E-state index in [1.807, 2.05) is 6.07 Å². The van der Waals surface area contributed by atoms with Gasteiger partial charge in [0.2, 0.25) is 0 Å². The number of hydrogen-bond acceptors (Lipinski definition) is 3. The fourth-order valence-corrected chi connectivity index (χ4v) is 2.72. The van der Waals surface area contributed by atoms with Crippen LogP contribution in [0.25, 0.3) is 0 Å². The van der Waals surface area contributed by atoms with E-state index in [4.69, 9.17) is 16.9 Å². The first kappa shape index (κ1) is 17.8. The lowest BCUT2D eigenvalue weighted by molar-refractivity contribution is 0.597. The van der Waals surface area contributed by atoms with Crippen molar-refractivity contribution >= 4 is 17.3 Å². The summed E-state index contributed by atoms with van der Waals surface area (Å²) in [7, 11) is 0. The molecule has 0 bridgehead atoms. The summed E-state index contributed by atoms with van der Waals surface area (Å²) in [5.41, 5.74) is 2.21. The summed E-state index contributed by atoms with van der Waals surface area (Å²) >= 11 is 6.48. The van der Waals surface area contributed by atoms with Gasteiger partial charge in [-0.1, -0.05) is 38.4 Å². The number of hydrogen-bond donors (Lipinski definition) is 1. The lowest BCUT2D eigenvalue weighted by atomic mass is 10.1. The minimum atomic E-state index is 0.291. The Labute approximate surface area is 133 Å². The van der Waals surface area contributed by atoms with Crippen molar-refractivity contribution in [2.45, 2.75) is 40.2 Å². The summed E-state index contributed by atoms with van der Waals surface area (Å²) in [6.45, 7) is 11.1. The Kier molecular flexibility index (Phi) is 7.56. The van der Waals surface area contributed by atoms with Crippen LogP contribution in [0.5, 0.6) is 0 Å². The Morgan fingerprint density at radius 3 is 2.57 bits per heavy atom. The second-order valence-corrected chi connectivity index (χ2v) is 6.15. The SMILES string of the molecule is CCNC(C)c1ccc(N(CCC#N)CC(C)C)c(Cl)c1. The van der Waals surface area contributed by atoms with E-state index in [1.54, 1.807) is 0 Å². The predicted molar refractivity (Wildman–Crippen MR) is 90.8 cm³/mol. The van der Waals surface area contributed by atoms with E-state index in [2.05, 4.69) is 56.1 Å². The molecule has 1 rings (SSSR count). The first-order valence-corrected chi connectivity index (χ1v) is 8.02. The van der Waals surface area contributed by atoms with E-state index < -0.39 is 0 Å². The number of anilines is 1. The molecule has 0 aliphatic carbocycles. The summed E-state index contributed by atoms with van der Waals surface area (Å²) in [4.78, 5) is 2.21. The van der Waals surface area contributed by atoms with Gasteiger partial charge in [-0.2, -0.15) is 5.26 Å². The average molecular weight is 308 g/mol.